The van der Waals surface area contributed by atoms with Gasteiger partial charge in [-0.25, -0.2) is 0 Å². The minimum absolute atomic E-state index is 0.0731. The molecule has 5 atom stereocenters. The predicted octanol–water partition coefficient (Wildman–Crippen LogP) is 7.24. The van der Waals surface area contributed by atoms with Gasteiger partial charge in [-0.3, -0.25) is 19.2 Å². The number of rotatable bonds is 9. The quantitative estimate of drug-likeness (QED) is 0.150. The number of aliphatic hydroxyl groups is 1. The van der Waals surface area contributed by atoms with Crippen LogP contribution in [0.25, 0.3) is 10.8 Å². The molecule has 1 fully saturated rings. The Labute approximate surface area is 314 Å². The summed E-state index contributed by atoms with van der Waals surface area (Å²) < 4.78 is 8.71. The van der Waals surface area contributed by atoms with Crippen LogP contribution in [0.3, 0.4) is 0 Å². The topological polar surface area (TPSA) is 121 Å². The molecule has 3 aliphatic rings. The van der Waals surface area contributed by atoms with Crippen LogP contribution in [0.5, 0.6) is 0 Å². The summed E-state index contributed by atoms with van der Waals surface area (Å²) in [5.74, 6) is -0.543. The highest BCUT2D eigenvalue weighted by Crippen LogP contribution is 2.59. The van der Waals surface area contributed by atoms with Crippen molar-refractivity contribution >= 4 is 48.0 Å². The molecule has 10 nitrogen and oxygen atoms in total. The number of amides is 2. The highest BCUT2D eigenvalue weighted by Gasteiger charge is 2.66. The summed E-state index contributed by atoms with van der Waals surface area (Å²) in [4.78, 5) is 44.0. The van der Waals surface area contributed by atoms with E-state index in [0.717, 1.165) is 44.5 Å². The fourth-order valence-electron chi connectivity index (χ4n) is 9.22. The lowest BCUT2D eigenvalue weighted by molar-refractivity contribution is -0.146. The van der Waals surface area contributed by atoms with Crippen molar-refractivity contribution in [3.63, 3.8) is 0 Å². The number of carbonyl (C=O) groups excluding carboxylic acids is 2. The zero-order valence-electron chi connectivity index (χ0n) is 30.3. The zero-order chi connectivity index (χ0) is 37.4. The number of carbonyl (C=O) groups is 2. The second-order valence-electron chi connectivity index (χ2n) is 15.3. The van der Waals surface area contributed by atoms with E-state index in [1.165, 1.54) is 0 Å². The van der Waals surface area contributed by atoms with Gasteiger partial charge in [0, 0.05) is 34.6 Å². The SMILES string of the molecule is C[C@H]1[C@H]([Si](C)(C)O)[C@@H](CCn2cc([C@H](O)c3ccccc3)nn2)O[C@]12C(=O)N(Cc1cccc(N3C(=O)c4cccc5cccc3c45)c1)c1ccccc12. The lowest BCUT2D eigenvalue weighted by atomic mass is 9.82. The van der Waals surface area contributed by atoms with E-state index in [-0.39, 0.29) is 29.8 Å². The molecular weight excluding hydrogens is 695 g/mol. The predicted molar refractivity (Wildman–Crippen MR) is 209 cm³/mol. The summed E-state index contributed by atoms with van der Waals surface area (Å²) in [5, 5.41) is 21.4. The third-order valence-electron chi connectivity index (χ3n) is 11.6. The van der Waals surface area contributed by atoms with Gasteiger partial charge in [-0.1, -0.05) is 97.1 Å². The summed E-state index contributed by atoms with van der Waals surface area (Å²) >= 11 is 0. The van der Waals surface area contributed by atoms with E-state index < -0.39 is 26.1 Å². The molecule has 0 radical (unpaired) electrons. The first-order valence-electron chi connectivity index (χ1n) is 18.5. The van der Waals surface area contributed by atoms with E-state index in [2.05, 4.69) is 10.3 Å². The first-order chi connectivity index (χ1) is 26.1. The molecule has 3 aliphatic heterocycles. The molecule has 1 saturated heterocycles. The van der Waals surface area contributed by atoms with Gasteiger partial charge in [-0.05, 0) is 66.4 Å². The molecular formula is C43H41N5O5Si. The molecule has 9 rings (SSSR count). The van der Waals surface area contributed by atoms with Gasteiger partial charge in [-0.15, -0.1) is 5.10 Å². The first kappa shape index (κ1) is 34.3. The summed E-state index contributed by atoms with van der Waals surface area (Å²) in [5.41, 5.74) is 4.37. The molecule has 0 unspecified atom stereocenters. The summed E-state index contributed by atoms with van der Waals surface area (Å²) in [6, 6.07) is 36.7. The van der Waals surface area contributed by atoms with Crippen LogP contribution in [0, 0.1) is 5.92 Å². The molecule has 11 heteroatoms. The van der Waals surface area contributed by atoms with Crippen LogP contribution in [-0.4, -0.2) is 51.1 Å². The monoisotopic (exact) mass is 735 g/mol. The number of nitrogens with zero attached hydrogens (tertiary/aromatic N) is 5. The normalized spacial score (nSPS) is 22.5. The van der Waals surface area contributed by atoms with Crippen molar-refractivity contribution in [1.82, 2.24) is 15.0 Å². The Bertz CT molecular complexity index is 2420. The van der Waals surface area contributed by atoms with E-state index in [1.807, 2.05) is 135 Å². The molecule has 1 aromatic heterocycles. The van der Waals surface area contributed by atoms with E-state index in [4.69, 9.17) is 4.74 Å². The van der Waals surface area contributed by atoms with Crippen LogP contribution in [-0.2, 0) is 28.2 Å². The van der Waals surface area contributed by atoms with Crippen LogP contribution in [0.1, 0.15) is 52.2 Å². The standard InChI is InChI=1S/C43H41N5O5Si/c1-27-40(54(2,3)52)37(22-23-46-26-34(44-45-46)39(49)30-13-5-4-6-14-30)53-43(27)33-19-7-8-20-35(33)47(42(43)51)25-28-12-9-17-31(24-28)48-36-21-11-16-29-15-10-18-32(38(29)36)41(48)50/h4-21,24,26-27,37,39-40,49,52H,22-23,25H2,1-3H3/t27-,37+,39+,40-,43+/m0/s1. The average Bonchev–Trinajstić information content (AvgIpc) is 3.91. The first-order valence-corrected chi connectivity index (χ1v) is 21.5. The number of aryl methyl sites for hydroxylation is 1. The van der Waals surface area contributed by atoms with E-state index >= 15 is 0 Å². The zero-order valence-corrected chi connectivity index (χ0v) is 31.3. The van der Waals surface area contributed by atoms with Crippen molar-refractivity contribution in [2.75, 3.05) is 9.80 Å². The third-order valence-corrected chi connectivity index (χ3v) is 14.1. The maximum atomic E-state index is 15.0. The van der Waals surface area contributed by atoms with Crippen LogP contribution < -0.4 is 9.80 Å². The molecule has 0 bridgehead atoms. The van der Waals surface area contributed by atoms with Gasteiger partial charge in [0.2, 0.25) is 0 Å². The van der Waals surface area contributed by atoms with Gasteiger partial charge in [-0.2, -0.15) is 0 Å². The molecule has 2 amide bonds. The highest BCUT2D eigenvalue weighted by molar-refractivity contribution is 6.71. The second-order valence-corrected chi connectivity index (χ2v) is 19.2. The smallest absolute Gasteiger partial charge is 0.264 e. The number of aliphatic hydroxyl groups excluding tert-OH is 1. The van der Waals surface area contributed by atoms with Crippen LogP contribution in [0.2, 0.25) is 18.6 Å². The molecule has 1 spiro atoms. The molecule has 0 saturated carbocycles. The molecule has 0 aliphatic carbocycles. The molecule has 5 aromatic carbocycles. The Balaban J connectivity index is 0.998. The van der Waals surface area contributed by atoms with Crippen molar-refractivity contribution in [2.45, 2.75) is 62.9 Å². The maximum absolute atomic E-state index is 15.0. The number of aromatic nitrogens is 3. The van der Waals surface area contributed by atoms with E-state index in [9.17, 15) is 19.5 Å². The van der Waals surface area contributed by atoms with Gasteiger partial charge in [0.25, 0.3) is 11.8 Å². The summed E-state index contributed by atoms with van der Waals surface area (Å²) in [6.45, 7) is 6.58. The second kappa shape index (κ2) is 12.8. The third kappa shape index (κ3) is 5.33. The van der Waals surface area contributed by atoms with Crippen LogP contribution in [0.15, 0.2) is 121 Å². The lowest BCUT2D eigenvalue weighted by Crippen LogP contribution is -2.46. The summed E-state index contributed by atoms with van der Waals surface area (Å²) in [7, 11) is -2.88. The highest BCUT2D eigenvalue weighted by atomic mass is 28.4. The minimum atomic E-state index is -2.88. The van der Waals surface area contributed by atoms with Gasteiger partial charge >= 0.3 is 0 Å². The Morgan fingerprint density at radius 1 is 0.889 bits per heavy atom. The largest absolute Gasteiger partial charge is 0.432 e. The Morgan fingerprint density at radius 3 is 2.41 bits per heavy atom. The van der Waals surface area contributed by atoms with Crippen molar-refractivity contribution in [2.24, 2.45) is 5.92 Å². The average molecular weight is 736 g/mol. The van der Waals surface area contributed by atoms with Gasteiger partial charge < -0.3 is 19.5 Å². The lowest BCUT2D eigenvalue weighted by Gasteiger charge is -2.32. The number of anilines is 3. The fourth-order valence-corrected chi connectivity index (χ4v) is 11.8. The molecule has 4 heterocycles. The van der Waals surface area contributed by atoms with Crippen molar-refractivity contribution in [3.8, 4) is 0 Å². The van der Waals surface area contributed by atoms with Gasteiger partial charge in [0.15, 0.2) is 13.9 Å². The molecule has 2 N–H and O–H groups in total. The van der Waals surface area contributed by atoms with Gasteiger partial charge in [0.1, 0.15) is 11.8 Å². The summed E-state index contributed by atoms with van der Waals surface area (Å²) in [6.07, 6.45) is 0.907. The van der Waals surface area contributed by atoms with Crippen molar-refractivity contribution < 1.29 is 24.2 Å². The number of fused-ring (bicyclic) bond motifs is 2. The number of hydrogen-bond acceptors (Lipinski definition) is 7. The molecule has 6 aromatic rings. The van der Waals surface area contributed by atoms with Crippen LogP contribution >= 0.6 is 0 Å². The molecule has 272 valence electrons. The van der Waals surface area contributed by atoms with E-state index in [1.54, 1.807) is 20.7 Å². The number of benzene rings is 5. The Morgan fingerprint density at radius 2 is 1.61 bits per heavy atom. The number of ether oxygens (including phenoxy) is 1. The van der Waals surface area contributed by atoms with E-state index in [0.29, 0.717) is 24.2 Å². The number of hydrogen-bond donors (Lipinski definition) is 2. The minimum Gasteiger partial charge on any atom is -0.432 e. The van der Waals surface area contributed by atoms with Gasteiger partial charge in [0.05, 0.1) is 35.8 Å². The number of para-hydroxylation sites is 1. The Kier molecular flexibility index (Phi) is 8.16. The Hall–Kier alpha value is -5.46. The molecule has 54 heavy (non-hydrogen) atoms. The fraction of sp³-hybridized carbons (Fsp3) is 0.256. The van der Waals surface area contributed by atoms with Crippen molar-refractivity contribution in [1.29, 1.82) is 0 Å². The maximum Gasteiger partial charge on any atom is 0.264 e. The van der Waals surface area contributed by atoms with Crippen LogP contribution in [0.4, 0.5) is 17.1 Å². The van der Waals surface area contributed by atoms with Crippen molar-refractivity contribution in [3.05, 3.63) is 149 Å².